The molecular formula is C23H35NO6S. The lowest BCUT2D eigenvalue weighted by Gasteiger charge is -2.46. The first kappa shape index (κ1) is 23.1. The molecule has 0 atom stereocenters. The first-order chi connectivity index (χ1) is 15.0. The highest BCUT2D eigenvalue weighted by Gasteiger charge is 2.51. The van der Waals surface area contributed by atoms with Crippen molar-refractivity contribution in [2.75, 3.05) is 13.1 Å². The standard InChI is InChI=1S/C23H35NO6S/c25-31(26,21-13-9-8-10-14-21)24-19-17-23(18-20-24)29-27-22(28-30-23)15-11-6-4-2-1-3-5-7-12-16-22/h8-10,13-14H,1-7,11-12,15-20H2. The second kappa shape index (κ2) is 10.3. The molecule has 8 heteroatoms. The Morgan fingerprint density at radius 1 is 0.613 bits per heavy atom. The third-order valence-corrected chi connectivity index (χ3v) is 8.58. The summed E-state index contributed by atoms with van der Waals surface area (Å²) >= 11 is 0. The van der Waals surface area contributed by atoms with Crippen LogP contribution in [0.5, 0.6) is 0 Å². The van der Waals surface area contributed by atoms with Gasteiger partial charge in [0.2, 0.25) is 21.6 Å². The highest BCUT2D eigenvalue weighted by atomic mass is 32.2. The topological polar surface area (TPSA) is 74.3 Å². The van der Waals surface area contributed by atoms with Crippen LogP contribution in [-0.4, -0.2) is 37.4 Å². The van der Waals surface area contributed by atoms with E-state index in [1.807, 2.05) is 0 Å². The molecule has 174 valence electrons. The molecule has 1 aliphatic carbocycles. The number of hydrogen-bond donors (Lipinski definition) is 0. The fourth-order valence-corrected chi connectivity index (χ4v) is 6.09. The van der Waals surface area contributed by atoms with Crippen LogP contribution in [0.4, 0.5) is 0 Å². The number of hydrogen-bond acceptors (Lipinski definition) is 6. The summed E-state index contributed by atoms with van der Waals surface area (Å²) in [6, 6.07) is 8.51. The zero-order valence-corrected chi connectivity index (χ0v) is 19.1. The second-order valence-corrected chi connectivity index (χ2v) is 11.0. The Labute approximate surface area is 185 Å². The van der Waals surface area contributed by atoms with E-state index in [-0.39, 0.29) is 13.1 Å². The van der Waals surface area contributed by atoms with Gasteiger partial charge in [-0.3, -0.25) is 0 Å². The van der Waals surface area contributed by atoms with Crippen molar-refractivity contribution in [2.24, 2.45) is 0 Å². The summed E-state index contributed by atoms with van der Waals surface area (Å²) in [6.45, 7) is 0.577. The van der Waals surface area contributed by atoms with Crippen molar-refractivity contribution in [1.29, 1.82) is 0 Å². The lowest BCUT2D eigenvalue weighted by Crippen LogP contribution is -2.56. The van der Waals surface area contributed by atoms with Crippen molar-refractivity contribution in [2.45, 2.75) is 99.9 Å². The first-order valence-corrected chi connectivity index (χ1v) is 13.3. The molecule has 0 N–H and O–H groups in total. The normalized spacial score (nSPS) is 26.2. The van der Waals surface area contributed by atoms with Crippen LogP contribution in [0.25, 0.3) is 0 Å². The van der Waals surface area contributed by atoms with Gasteiger partial charge in [0, 0.05) is 38.8 Å². The van der Waals surface area contributed by atoms with E-state index in [4.69, 9.17) is 19.6 Å². The minimum atomic E-state index is -3.53. The molecule has 3 fully saturated rings. The summed E-state index contributed by atoms with van der Waals surface area (Å²) in [7, 11) is -3.53. The summed E-state index contributed by atoms with van der Waals surface area (Å²) in [5, 5.41) is 0. The lowest BCUT2D eigenvalue weighted by atomic mass is 9.97. The molecule has 2 heterocycles. The highest BCUT2D eigenvalue weighted by Crippen LogP contribution is 2.41. The molecule has 0 bridgehead atoms. The van der Waals surface area contributed by atoms with Crippen LogP contribution >= 0.6 is 0 Å². The summed E-state index contributed by atoms with van der Waals surface area (Å²) in [6.07, 6.45) is 13.0. The molecule has 2 aliphatic heterocycles. The number of piperidine rings is 1. The van der Waals surface area contributed by atoms with E-state index in [9.17, 15) is 8.42 Å². The molecule has 1 aromatic rings. The van der Waals surface area contributed by atoms with E-state index in [2.05, 4.69) is 0 Å². The molecule has 1 saturated carbocycles. The van der Waals surface area contributed by atoms with Crippen molar-refractivity contribution in [3.8, 4) is 0 Å². The first-order valence-electron chi connectivity index (χ1n) is 11.8. The van der Waals surface area contributed by atoms with Gasteiger partial charge in [0.05, 0.1) is 4.90 Å². The van der Waals surface area contributed by atoms with E-state index >= 15 is 0 Å². The number of nitrogens with zero attached hydrogens (tertiary/aromatic N) is 1. The quantitative estimate of drug-likeness (QED) is 0.582. The SMILES string of the molecule is O=S(=O)(c1ccccc1)N1CCC2(CC1)OOC1(CCCCCCCCCCC1)OO2. The predicted molar refractivity (Wildman–Crippen MR) is 115 cm³/mol. The van der Waals surface area contributed by atoms with Gasteiger partial charge in [-0.2, -0.15) is 23.9 Å². The van der Waals surface area contributed by atoms with E-state index < -0.39 is 21.6 Å². The third kappa shape index (κ3) is 5.67. The van der Waals surface area contributed by atoms with Crippen LogP contribution in [0.3, 0.4) is 0 Å². The van der Waals surface area contributed by atoms with Crippen molar-refractivity contribution in [3.05, 3.63) is 30.3 Å². The van der Waals surface area contributed by atoms with Gasteiger partial charge >= 0.3 is 0 Å². The third-order valence-electron chi connectivity index (χ3n) is 6.67. The minimum absolute atomic E-state index is 0.289. The van der Waals surface area contributed by atoms with Crippen molar-refractivity contribution in [1.82, 2.24) is 4.31 Å². The Kier molecular flexibility index (Phi) is 7.67. The monoisotopic (exact) mass is 453 g/mol. The Bertz CT molecular complexity index is 768. The van der Waals surface area contributed by atoms with Gasteiger partial charge in [-0.1, -0.05) is 63.1 Å². The molecule has 0 unspecified atom stereocenters. The molecule has 0 radical (unpaired) electrons. The average Bonchev–Trinajstić information content (AvgIpc) is 2.79. The van der Waals surface area contributed by atoms with E-state index in [0.29, 0.717) is 17.7 Å². The van der Waals surface area contributed by atoms with Gasteiger partial charge in [-0.15, -0.1) is 0 Å². The van der Waals surface area contributed by atoms with Crippen LogP contribution in [0.2, 0.25) is 0 Å². The molecule has 0 aromatic heterocycles. The molecule has 7 nitrogen and oxygen atoms in total. The maximum Gasteiger partial charge on any atom is 0.243 e. The maximum atomic E-state index is 12.9. The van der Waals surface area contributed by atoms with Gasteiger partial charge in [0.1, 0.15) is 0 Å². The summed E-state index contributed by atoms with van der Waals surface area (Å²) < 4.78 is 27.2. The van der Waals surface area contributed by atoms with E-state index in [1.54, 1.807) is 30.3 Å². The van der Waals surface area contributed by atoms with Crippen LogP contribution < -0.4 is 0 Å². The molecule has 1 aromatic carbocycles. The Morgan fingerprint density at radius 3 is 1.52 bits per heavy atom. The fourth-order valence-electron chi connectivity index (χ4n) is 4.62. The van der Waals surface area contributed by atoms with Crippen molar-refractivity contribution >= 4 is 10.0 Å². The molecular weight excluding hydrogens is 418 g/mol. The largest absolute Gasteiger partial charge is 0.243 e. The second-order valence-electron chi connectivity index (χ2n) is 9.05. The minimum Gasteiger partial charge on any atom is -0.207 e. The van der Waals surface area contributed by atoms with Crippen molar-refractivity contribution < 1.29 is 28.0 Å². The predicted octanol–water partition coefficient (Wildman–Crippen LogP) is 5.08. The van der Waals surface area contributed by atoms with Gasteiger partial charge in [-0.05, 0) is 25.0 Å². The van der Waals surface area contributed by atoms with Gasteiger partial charge in [-0.25, -0.2) is 8.42 Å². The van der Waals surface area contributed by atoms with Gasteiger partial charge in [0.25, 0.3) is 0 Å². The van der Waals surface area contributed by atoms with Gasteiger partial charge in [0.15, 0.2) is 0 Å². The number of sulfonamides is 1. The number of benzene rings is 1. The summed E-state index contributed by atoms with van der Waals surface area (Å²) in [5.74, 6) is -1.89. The zero-order valence-electron chi connectivity index (χ0n) is 18.3. The van der Waals surface area contributed by atoms with Crippen LogP contribution in [0, 0.1) is 0 Å². The Hall–Kier alpha value is -1.03. The van der Waals surface area contributed by atoms with E-state index in [0.717, 1.165) is 38.5 Å². The fraction of sp³-hybridized carbons (Fsp3) is 0.739. The average molecular weight is 454 g/mol. The van der Waals surface area contributed by atoms with Crippen LogP contribution in [0.15, 0.2) is 35.2 Å². The van der Waals surface area contributed by atoms with Crippen LogP contribution in [0.1, 0.15) is 83.5 Å². The molecule has 2 spiro atoms. The highest BCUT2D eigenvalue weighted by molar-refractivity contribution is 7.89. The molecule has 31 heavy (non-hydrogen) atoms. The van der Waals surface area contributed by atoms with E-state index in [1.165, 1.54) is 36.4 Å². The summed E-state index contributed by atoms with van der Waals surface area (Å²) in [5.41, 5.74) is 0. The van der Waals surface area contributed by atoms with Crippen molar-refractivity contribution in [3.63, 3.8) is 0 Å². The Morgan fingerprint density at radius 2 is 1.03 bits per heavy atom. The van der Waals surface area contributed by atoms with Crippen LogP contribution in [-0.2, 0) is 29.6 Å². The molecule has 0 amide bonds. The molecule has 2 saturated heterocycles. The number of rotatable bonds is 2. The zero-order chi connectivity index (χ0) is 21.6. The molecule has 4 rings (SSSR count). The molecule has 3 aliphatic rings. The summed E-state index contributed by atoms with van der Waals surface area (Å²) in [4.78, 5) is 23.7. The van der Waals surface area contributed by atoms with Gasteiger partial charge < -0.3 is 0 Å². The Balaban J connectivity index is 1.33. The maximum absolute atomic E-state index is 12.9. The smallest absolute Gasteiger partial charge is 0.207 e. The lowest BCUT2D eigenvalue weighted by molar-refractivity contribution is -0.661.